The Hall–Kier alpha value is -0.410. The van der Waals surface area contributed by atoms with Crippen molar-refractivity contribution in [3.05, 3.63) is 16.6 Å². The second-order valence-corrected chi connectivity index (χ2v) is 4.74. The molecule has 14 heavy (non-hydrogen) atoms. The molecular formula is C11H20N2S. The van der Waals surface area contributed by atoms with Crippen molar-refractivity contribution in [2.45, 2.75) is 39.7 Å². The predicted molar refractivity (Wildman–Crippen MR) is 62.6 cm³/mol. The Morgan fingerprint density at radius 2 is 2.21 bits per heavy atom. The van der Waals surface area contributed by atoms with Gasteiger partial charge in [-0.25, -0.2) is 4.98 Å². The molecule has 0 saturated heterocycles. The van der Waals surface area contributed by atoms with E-state index in [2.05, 4.69) is 43.4 Å². The minimum atomic E-state index is 0.0723. The summed E-state index contributed by atoms with van der Waals surface area (Å²) in [6.45, 7) is 9.89. The summed E-state index contributed by atoms with van der Waals surface area (Å²) in [5.74, 6) is 0.568. The molecule has 1 unspecified atom stereocenters. The summed E-state index contributed by atoms with van der Waals surface area (Å²) in [4.78, 5) is 4.46. The number of thiazole rings is 1. The van der Waals surface area contributed by atoms with Gasteiger partial charge in [0.2, 0.25) is 0 Å². The van der Waals surface area contributed by atoms with Gasteiger partial charge in [0.15, 0.2) is 0 Å². The zero-order valence-electron chi connectivity index (χ0n) is 9.50. The molecule has 0 aliphatic heterocycles. The largest absolute Gasteiger partial charge is 0.305 e. The first kappa shape index (κ1) is 11.7. The number of nitrogens with one attached hydrogen (secondary N) is 1. The summed E-state index contributed by atoms with van der Waals surface area (Å²) in [5.41, 5.74) is 0.0723. The van der Waals surface area contributed by atoms with Crippen LogP contribution in [0.15, 0.2) is 11.6 Å². The van der Waals surface area contributed by atoms with Gasteiger partial charge in [-0.05, 0) is 18.9 Å². The highest BCUT2D eigenvalue weighted by molar-refractivity contribution is 7.09. The van der Waals surface area contributed by atoms with Crippen molar-refractivity contribution in [3.63, 3.8) is 0 Å². The van der Waals surface area contributed by atoms with Crippen LogP contribution in [0.4, 0.5) is 0 Å². The third-order valence-corrected chi connectivity index (χ3v) is 3.80. The van der Waals surface area contributed by atoms with E-state index in [4.69, 9.17) is 0 Å². The monoisotopic (exact) mass is 212 g/mol. The zero-order valence-corrected chi connectivity index (χ0v) is 10.3. The van der Waals surface area contributed by atoms with Crippen molar-refractivity contribution >= 4 is 11.3 Å². The lowest BCUT2D eigenvalue weighted by atomic mass is 9.84. The minimum absolute atomic E-state index is 0.0723. The van der Waals surface area contributed by atoms with Crippen molar-refractivity contribution in [2.75, 3.05) is 6.54 Å². The molecule has 3 heteroatoms. The SMILES string of the molecule is CCNC(CC)(c1nccs1)C(C)C. The van der Waals surface area contributed by atoms with E-state index in [1.54, 1.807) is 11.3 Å². The molecule has 1 rings (SSSR count). The van der Waals surface area contributed by atoms with E-state index < -0.39 is 0 Å². The normalized spacial score (nSPS) is 15.8. The Morgan fingerprint density at radius 1 is 1.50 bits per heavy atom. The van der Waals surface area contributed by atoms with Gasteiger partial charge < -0.3 is 5.32 Å². The molecule has 0 spiro atoms. The van der Waals surface area contributed by atoms with Crippen LogP contribution in [0, 0.1) is 5.92 Å². The molecular weight excluding hydrogens is 192 g/mol. The summed E-state index contributed by atoms with van der Waals surface area (Å²) < 4.78 is 0. The van der Waals surface area contributed by atoms with E-state index in [1.807, 2.05) is 6.20 Å². The van der Waals surface area contributed by atoms with E-state index in [1.165, 1.54) is 5.01 Å². The fraction of sp³-hybridized carbons (Fsp3) is 0.727. The second kappa shape index (κ2) is 4.89. The highest BCUT2D eigenvalue weighted by Gasteiger charge is 2.35. The van der Waals surface area contributed by atoms with Crippen LogP contribution in [-0.4, -0.2) is 11.5 Å². The van der Waals surface area contributed by atoms with E-state index in [9.17, 15) is 0 Å². The molecule has 0 amide bonds. The van der Waals surface area contributed by atoms with Gasteiger partial charge in [0.25, 0.3) is 0 Å². The fourth-order valence-electron chi connectivity index (χ4n) is 1.97. The molecule has 0 aromatic carbocycles. The first-order chi connectivity index (χ1) is 6.67. The van der Waals surface area contributed by atoms with E-state index >= 15 is 0 Å². The second-order valence-electron chi connectivity index (χ2n) is 3.85. The van der Waals surface area contributed by atoms with Crippen LogP contribution in [0.5, 0.6) is 0 Å². The molecule has 0 aliphatic carbocycles. The van der Waals surface area contributed by atoms with Crippen LogP contribution in [0.2, 0.25) is 0 Å². The Labute approximate surface area is 90.8 Å². The maximum atomic E-state index is 4.46. The topological polar surface area (TPSA) is 24.9 Å². The molecule has 0 aliphatic rings. The van der Waals surface area contributed by atoms with Crippen LogP contribution < -0.4 is 5.32 Å². The first-order valence-electron chi connectivity index (χ1n) is 5.32. The van der Waals surface area contributed by atoms with E-state index in [0.717, 1.165) is 13.0 Å². The van der Waals surface area contributed by atoms with E-state index in [-0.39, 0.29) is 5.54 Å². The highest BCUT2D eigenvalue weighted by Crippen LogP contribution is 2.33. The van der Waals surface area contributed by atoms with Crippen LogP contribution in [0.25, 0.3) is 0 Å². The van der Waals surface area contributed by atoms with Crippen LogP contribution in [0.3, 0.4) is 0 Å². The zero-order chi connectivity index (χ0) is 10.6. The average molecular weight is 212 g/mol. The van der Waals surface area contributed by atoms with Crippen molar-refractivity contribution in [1.82, 2.24) is 10.3 Å². The van der Waals surface area contributed by atoms with Crippen LogP contribution in [-0.2, 0) is 5.54 Å². The predicted octanol–water partition coefficient (Wildman–Crippen LogP) is 3.01. The molecule has 2 nitrogen and oxygen atoms in total. The van der Waals surface area contributed by atoms with Gasteiger partial charge >= 0.3 is 0 Å². The summed E-state index contributed by atoms with van der Waals surface area (Å²) in [5, 5.41) is 6.87. The molecule has 1 aromatic rings. The maximum absolute atomic E-state index is 4.46. The molecule has 1 aromatic heterocycles. The summed E-state index contributed by atoms with van der Waals surface area (Å²) in [6, 6.07) is 0. The number of aromatic nitrogens is 1. The van der Waals surface area contributed by atoms with Crippen molar-refractivity contribution in [1.29, 1.82) is 0 Å². The third kappa shape index (κ3) is 1.98. The molecule has 0 saturated carbocycles. The van der Waals surface area contributed by atoms with E-state index in [0.29, 0.717) is 5.92 Å². The van der Waals surface area contributed by atoms with Gasteiger partial charge in [-0.15, -0.1) is 11.3 Å². The third-order valence-electron chi connectivity index (χ3n) is 2.85. The van der Waals surface area contributed by atoms with Gasteiger partial charge in [0.05, 0.1) is 5.54 Å². The molecule has 0 bridgehead atoms. The van der Waals surface area contributed by atoms with Gasteiger partial charge in [-0.3, -0.25) is 0 Å². The lowest BCUT2D eigenvalue weighted by Crippen LogP contribution is -2.46. The first-order valence-corrected chi connectivity index (χ1v) is 6.20. The standard InChI is InChI=1S/C11H20N2S/c1-5-11(9(3)4,13-6-2)10-12-7-8-14-10/h7-9,13H,5-6H2,1-4H3. The maximum Gasteiger partial charge on any atom is 0.113 e. The van der Waals surface area contributed by atoms with Crippen molar-refractivity contribution in [3.8, 4) is 0 Å². The Balaban J connectivity index is 3.01. The fourth-order valence-corrected chi connectivity index (χ4v) is 3.01. The minimum Gasteiger partial charge on any atom is -0.305 e. The van der Waals surface area contributed by atoms with Gasteiger partial charge in [-0.2, -0.15) is 0 Å². The average Bonchev–Trinajstić information content (AvgIpc) is 2.66. The molecule has 0 fully saturated rings. The van der Waals surface area contributed by atoms with Crippen molar-refractivity contribution < 1.29 is 0 Å². The van der Waals surface area contributed by atoms with Gasteiger partial charge in [0.1, 0.15) is 5.01 Å². The number of nitrogens with zero attached hydrogens (tertiary/aromatic N) is 1. The molecule has 80 valence electrons. The Bertz CT molecular complexity index is 256. The number of hydrogen-bond acceptors (Lipinski definition) is 3. The van der Waals surface area contributed by atoms with Crippen LogP contribution in [0.1, 0.15) is 39.1 Å². The quantitative estimate of drug-likeness (QED) is 0.811. The Kier molecular flexibility index (Phi) is 4.08. The molecule has 1 N–H and O–H groups in total. The Morgan fingerprint density at radius 3 is 2.57 bits per heavy atom. The lowest BCUT2D eigenvalue weighted by molar-refractivity contribution is 0.233. The van der Waals surface area contributed by atoms with Crippen molar-refractivity contribution in [2.24, 2.45) is 5.92 Å². The van der Waals surface area contributed by atoms with Crippen LogP contribution >= 0.6 is 11.3 Å². The smallest absolute Gasteiger partial charge is 0.113 e. The highest BCUT2D eigenvalue weighted by atomic mass is 32.1. The lowest BCUT2D eigenvalue weighted by Gasteiger charge is -2.35. The number of rotatable bonds is 5. The summed E-state index contributed by atoms with van der Waals surface area (Å²) >= 11 is 1.75. The van der Waals surface area contributed by atoms with Gasteiger partial charge in [0, 0.05) is 11.6 Å². The molecule has 0 radical (unpaired) electrons. The summed E-state index contributed by atoms with van der Waals surface area (Å²) in [7, 11) is 0. The van der Waals surface area contributed by atoms with Gasteiger partial charge in [-0.1, -0.05) is 27.7 Å². The molecule has 1 heterocycles. The molecule has 1 atom stereocenters. The summed E-state index contributed by atoms with van der Waals surface area (Å²) in [6.07, 6.45) is 2.98. The number of hydrogen-bond donors (Lipinski definition) is 1.